The summed E-state index contributed by atoms with van der Waals surface area (Å²) in [7, 11) is 0. The van der Waals surface area contributed by atoms with Gasteiger partial charge in [-0.05, 0) is 25.5 Å². The van der Waals surface area contributed by atoms with Crippen LogP contribution in [0.3, 0.4) is 0 Å². The van der Waals surface area contributed by atoms with E-state index in [4.69, 9.17) is 0 Å². The summed E-state index contributed by atoms with van der Waals surface area (Å²) in [6.07, 6.45) is 6.42. The normalized spacial score (nSPS) is 24.0. The maximum absolute atomic E-state index is 12.4. The van der Waals surface area contributed by atoms with E-state index in [-0.39, 0.29) is 11.3 Å². The molecular formula is C16H18N6O. The molecular weight excluding hydrogens is 292 g/mol. The summed E-state index contributed by atoms with van der Waals surface area (Å²) < 4.78 is 0. The lowest BCUT2D eigenvalue weighted by Crippen LogP contribution is -2.31. The molecule has 2 aromatic rings. The van der Waals surface area contributed by atoms with Crippen molar-refractivity contribution in [3.8, 4) is 0 Å². The quantitative estimate of drug-likeness (QED) is 0.830. The highest BCUT2D eigenvalue weighted by Crippen LogP contribution is 2.42. The molecule has 0 aromatic carbocycles. The van der Waals surface area contributed by atoms with Crippen molar-refractivity contribution in [2.24, 2.45) is 5.41 Å². The van der Waals surface area contributed by atoms with E-state index < -0.39 is 0 Å². The first kappa shape index (κ1) is 14.0. The van der Waals surface area contributed by atoms with Crippen LogP contribution < -0.4 is 9.80 Å². The van der Waals surface area contributed by atoms with Crippen molar-refractivity contribution in [1.82, 2.24) is 20.2 Å². The molecule has 0 bridgehead atoms. The number of nitrogens with zero attached hydrogens (tertiary/aromatic N) is 6. The molecule has 23 heavy (non-hydrogen) atoms. The van der Waals surface area contributed by atoms with Crippen LogP contribution in [0.4, 0.5) is 11.5 Å². The highest BCUT2D eigenvalue weighted by Gasteiger charge is 2.48. The molecule has 2 aromatic heterocycles. The Morgan fingerprint density at radius 3 is 2.70 bits per heavy atom. The van der Waals surface area contributed by atoms with Crippen molar-refractivity contribution in [3.63, 3.8) is 0 Å². The minimum atomic E-state index is -0.0144. The molecule has 118 valence electrons. The molecule has 4 heterocycles. The van der Waals surface area contributed by atoms with Gasteiger partial charge in [-0.1, -0.05) is 0 Å². The van der Waals surface area contributed by atoms with E-state index in [9.17, 15) is 4.79 Å². The van der Waals surface area contributed by atoms with E-state index in [1.165, 1.54) is 6.33 Å². The van der Waals surface area contributed by atoms with Gasteiger partial charge in [-0.15, -0.1) is 5.10 Å². The zero-order chi connectivity index (χ0) is 15.9. The largest absolute Gasteiger partial charge is 0.354 e. The van der Waals surface area contributed by atoms with E-state index in [0.717, 1.165) is 43.3 Å². The topological polar surface area (TPSA) is 75.1 Å². The van der Waals surface area contributed by atoms with Gasteiger partial charge < -0.3 is 9.80 Å². The Balaban J connectivity index is 1.52. The van der Waals surface area contributed by atoms with Gasteiger partial charge in [0.2, 0.25) is 5.91 Å². The maximum atomic E-state index is 12.4. The summed E-state index contributed by atoms with van der Waals surface area (Å²) in [6, 6.07) is 3.97. The van der Waals surface area contributed by atoms with Gasteiger partial charge >= 0.3 is 0 Å². The summed E-state index contributed by atoms with van der Waals surface area (Å²) in [5.74, 6) is 1.04. The maximum Gasteiger partial charge on any atom is 0.227 e. The third-order valence-corrected chi connectivity index (χ3v) is 4.73. The van der Waals surface area contributed by atoms with Crippen LogP contribution in [0, 0.1) is 12.3 Å². The molecule has 2 aliphatic heterocycles. The van der Waals surface area contributed by atoms with Crippen LogP contribution >= 0.6 is 0 Å². The molecule has 1 atom stereocenters. The highest BCUT2D eigenvalue weighted by molar-refractivity contribution is 5.96. The first-order chi connectivity index (χ1) is 11.2. The van der Waals surface area contributed by atoms with Crippen LogP contribution in [0.15, 0.2) is 30.9 Å². The Hall–Kier alpha value is -2.57. The Morgan fingerprint density at radius 2 is 1.96 bits per heavy atom. The fraction of sp³-hybridized carbons (Fsp3) is 0.438. The minimum Gasteiger partial charge on any atom is -0.354 e. The molecule has 1 spiro atoms. The molecule has 0 saturated carbocycles. The fourth-order valence-electron chi connectivity index (χ4n) is 3.53. The number of aryl methyl sites for hydroxylation is 1. The van der Waals surface area contributed by atoms with Crippen molar-refractivity contribution >= 4 is 17.4 Å². The van der Waals surface area contributed by atoms with E-state index in [0.29, 0.717) is 6.42 Å². The van der Waals surface area contributed by atoms with Crippen LogP contribution in [0.1, 0.15) is 18.5 Å². The van der Waals surface area contributed by atoms with E-state index in [2.05, 4.69) is 25.1 Å². The van der Waals surface area contributed by atoms with Gasteiger partial charge in [0.05, 0.1) is 23.8 Å². The number of carbonyl (C=O) groups is 1. The Morgan fingerprint density at radius 1 is 1.13 bits per heavy atom. The molecule has 0 radical (unpaired) electrons. The number of anilines is 2. The van der Waals surface area contributed by atoms with Gasteiger partial charge in [-0.2, -0.15) is 5.10 Å². The average molecular weight is 310 g/mol. The lowest BCUT2D eigenvalue weighted by atomic mass is 9.86. The van der Waals surface area contributed by atoms with Crippen LogP contribution in [-0.2, 0) is 4.79 Å². The van der Waals surface area contributed by atoms with E-state index in [1.807, 2.05) is 24.0 Å². The van der Waals surface area contributed by atoms with Crippen LogP contribution in [0.25, 0.3) is 0 Å². The van der Waals surface area contributed by atoms with Crippen molar-refractivity contribution in [1.29, 1.82) is 0 Å². The molecule has 0 aliphatic carbocycles. The number of rotatable bonds is 2. The molecule has 2 fully saturated rings. The number of carbonyl (C=O) groups excluding carboxylic acids is 1. The summed E-state index contributed by atoms with van der Waals surface area (Å²) in [5.41, 5.74) is 1.68. The van der Waals surface area contributed by atoms with E-state index in [1.54, 1.807) is 12.4 Å². The van der Waals surface area contributed by atoms with Gasteiger partial charge in [-0.25, -0.2) is 9.97 Å². The van der Waals surface area contributed by atoms with Gasteiger partial charge in [0, 0.05) is 31.5 Å². The molecule has 7 nitrogen and oxygen atoms in total. The molecule has 1 amide bonds. The lowest BCUT2D eigenvalue weighted by Gasteiger charge is -2.24. The summed E-state index contributed by atoms with van der Waals surface area (Å²) in [5, 5.41) is 8.40. The van der Waals surface area contributed by atoms with Gasteiger partial charge in [0.25, 0.3) is 0 Å². The predicted octanol–water partition coefficient (Wildman–Crippen LogP) is 1.21. The number of aromatic nitrogens is 4. The first-order valence-corrected chi connectivity index (χ1v) is 7.76. The van der Waals surface area contributed by atoms with Crippen molar-refractivity contribution in [3.05, 3.63) is 36.5 Å². The number of hydrogen-bond acceptors (Lipinski definition) is 6. The first-order valence-electron chi connectivity index (χ1n) is 7.76. The zero-order valence-electron chi connectivity index (χ0n) is 13.0. The summed E-state index contributed by atoms with van der Waals surface area (Å²) in [4.78, 5) is 24.5. The van der Waals surface area contributed by atoms with Gasteiger partial charge in [0.1, 0.15) is 6.33 Å². The molecule has 0 unspecified atom stereocenters. The molecule has 0 N–H and O–H groups in total. The minimum absolute atomic E-state index is 0.0144. The Kier molecular flexibility index (Phi) is 3.21. The van der Waals surface area contributed by atoms with Gasteiger partial charge in [0.15, 0.2) is 5.82 Å². The molecule has 2 saturated heterocycles. The number of hydrogen-bond donors (Lipinski definition) is 0. The molecule has 4 rings (SSSR count). The summed E-state index contributed by atoms with van der Waals surface area (Å²) in [6.45, 7) is 4.39. The second-order valence-corrected chi connectivity index (χ2v) is 6.46. The predicted molar refractivity (Wildman–Crippen MR) is 85.0 cm³/mol. The molecule has 2 aliphatic rings. The van der Waals surface area contributed by atoms with Crippen LogP contribution in [0.5, 0.6) is 0 Å². The van der Waals surface area contributed by atoms with E-state index >= 15 is 0 Å². The summed E-state index contributed by atoms with van der Waals surface area (Å²) >= 11 is 0. The third kappa shape index (κ3) is 2.52. The highest BCUT2D eigenvalue weighted by atomic mass is 16.2. The Bertz CT molecular complexity index is 719. The van der Waals surface area contributed by atoms with Crippen molar-refractivity contribution in [2.45, 2.75) is 19.8 Å². The van der Waals surface area contributed by atoms with Gasteiger partial charge in [-0.3, -0.25) is 4.79 Å². The monoisotopic (exact) mass is 310 g/mol. The Labute approximate surface area is 134 Å². The lowest BCUT2D eigenvalue weighted by molar-refractivity contribution is -0.117. The standard InChI is InChI=1S/C16H18N6O/c1-12-2-3-14(20-19-12)21-5-4-16(9-21)6-15(23)22(10-16)13-7-17-11-18-8-13/h2-3,7-8,11H,4-6,9-10H2,1H3/t16-/m0/s1. The number of amides is 1. The molecule has 7 heteroatoms. The van der Waals surface area contributed by atoms with Crippen molar-refractivity contribution < 1.29 is 4.79 Å². The average Bonchev–Trinajstić information content (AvgIpc) is 3.12. The second-order valence-electron chi connectivity index (χ2n) is 6.46. The SMILES string of the molecule is Cc1ccc(N2CC[C@]3(CC(=O)N(c4cncnc4)C3)C2)nn1. The third-order valence-electron chi connectivity index (χ3n) is 4.73. The zero-order valence-corrected chi connectivity index (χ0v) is 13.0. The second kappa shape index (κ2) is 5.26. The van der Waals surface area contributed by atoms with Crippen molar-refractivity contribution in [2.75, 3.05) is 29.4 Å². The van der Waals surface area contributed by atoms with Crippen LogP contribution in [0.2, 0.25) is 0 Å². The van der Waals surface area contributed by atoms with Crippen LogP contribution in [-0.4, -0.2) is 45.7 Å². The fourth-order valence-corrected chi connectivity index (χ4v) is 3.53. The smallest absolute Gasteiger partial charge is 0.227 e.